The molecular weight excluding hydrogens is 288 g/mol. The molecule has 0 aromatic heterocycles. The van der Waals surface area contributed by atoms with Crippen molar-refractivity contribution in [2.75, 3.05) is 0 Å². The van der Waals surface area contributed by atoms with Gasteiger partial charge in [0.25, 0.3) is 0 Å². The summed E-state index contributed by atoms with van der Waals surface area (Å²) >= 11 is 0. The molecule has 0 bridgehead atoms. The van der Waals surface area contributed by atoms with E-state index >= 15 is 0 Å². The van der Waals surface area contributed by atoms with Crippen molar-refractivity contribution in [1.82, 2.24) is 0 Å². The van der Waals surface area contributed by atoms with Crippen LogP contribution in [0.4, 0.5) is 0 Å². The summed E-state index contributed by atoms with van der Waals surface area (Å²) in [5.74, 6) is 0.980. The van der Waals surface area contributed by atoms with Crippen molar-refractivity contribution in [3.8, 4) is 0 Å². The second-order valence-corrected chi connectivity index (χ2v) is 8.33. The first-order valence-electron chi connectivity index (χ1n) is 11.7. The molecule has 24 heavy (non-hydrogen) atoms. The molecule has 0 saturated heterocycles. The molecule has 0 radical (unpaired) electrons. The van der Waals surface area contributed by atoms with E-state index in [0.717, 1.165) is 5.92 Å². The zero-order chi connectivity index (χ0) is 18.1. The van der Waals surface area contributed by atoms with Crippen molar-refractivity contribution in [2.24, 2.45) is 11.3 Å². The average Bonchev–Trinajstić information content (AvgIpc) is 2.61. The summed E-state index contributed by atoms with van der Waals surface area (Å²) in [6.07, 6.45) is 24.5. The lowest BCUT2D eigenvalue weighted by Crippen LogP contribution is -2.31. The molecule has 0 aliphatic heterocycles. The van der Waals surface area contributed by atoms with Gasteiger partial charge in [0, 0.05) is 0 Å². The van der Waals surface area contributed by atoms with E-state index in [9.17, 15) is 0 Å². The van der Waals surface area contributed by atoms with Crippen molar-refractivity contribution in [1.29, 1.82) is 0 Å². The lowest BCUT2D eigenvalue weighted by Gasteiger charge is -2.42. The van der Waals surface area contributed by atoms with Crippen molar-refractivity contribution in [3.63, 3.8) is 0 Å². The predicted octanol–water partition coefficient (Wildman–Crippen LogP) is 9.32. The van der Waals surface area contributed by atoms with Gasteiger partial charge in [0.2, 0.25) is 0 Å². The number of hydrogen-bond donors (Lipinski definition) is 0. The summed E-state index contributed by atoms with van der Waals surface area (Å²) in [7, 11) is 0. The second-order valence-electron chi connectivity index (χ2n) is 8.33. The van der Waals surface area contributed by atoms with Crippen LogP contribution in [0, 0.1) is 11.3 Å². The summed E-state index contributed by atoms with van der Waals surface area (Å²) in [6.45, 7) is 11.9. The third-order valence-electron chi connectivity index (χ3n) is 6.35. The first-order valence-corrected chi connectivity index (χ1v) is 11.7. The predicted molar refractivity (Wildman–Crippen MR) is 113 cm³/mol. The summed E-state index contributed by atoms with van der Waals surface area (Å²) in [6, 6.07) is 0. The molecule has 0 saturated carbocycles. The summed E-state index contributed by atoms with van der Waals surface area (Å²) < 4.78 is 0. The Hall–Kier alpha value is 0. The highest BCUT2D eigenvalue weighted by atomic mass is 14.4. The molecule has 0 amide bonds. The van der Waals surface area contributed by atoms with E-state index in [1.807, 2.05) is 0 Å². The maximum atomic E-state index is 2.47. The van der Waals surface area contributed by atoms with Crippen LogP contribution in [0.25, 0.3) is 0 Å². The highest BCUT2D eigenvalue weighted by molar-refractivity contribution is 4.86. The molecule has 0 heterocycles. The van der Waals surface area contributed by atoms with E-state index < -0.39 is 0 Å². The van der Waals surface area contributed by atoms with E-state index in [1.54, 1.807) is 0 Å². The molecule has 1 unspecified atom stereocenters. The third-order valence-corrected chi connectivity index (χ3v) is 6.35. The van der Waals surface area contributed by atoms with E-state index in [0.29, 0.717) is 5.41 Å². The Labute approximate surface area is 155 Å². The Bertz CT molecular complexity index is 221. The van der Waals surface area contributed by atoms with Crippen LogP contribution in [0.5, 0.6) is 0 Å². The zero-order valence-corrected chi connectivity index (χ0v) is 18.1. The van der Waals surface area contributed by atoms with Crippen LogP contribution in [-0.4, -0.2) is 0 Å². The molecule has 0 heteroatoms. The lowest BCUT2D eigenvalue weighted by atomic mass is 9.63. The quantitative estimate of drug-likeness (QED) is 0.218. The van der Waals surface area contributed by atoms with E-state index in [1.165, 1.54) is 109 Å². The van der Waals surface area contributed by atoms with Crippen LogP contribution in [0.3, 0.4) is 0 Å². The molecular formula is C24H50. The molecule has 0 spiro atoms. The first kappa shape index (κ1) is 24.0. The lowest BCUT2D eigenvalue weighted by molar-refractivity contribution is 0.0892. The highest BCUT2D eigenvalue weighted by Gasteiger charge is 2.35. The summed E-state index contributed by atoms with van der Waals surface area (Å²) in [5.41, 5.74) is 0.667. The van der Waals surface area contributed by atoms with Gasteiger partial charge in [-0.15, -0.1) is 0 Å². The topological polar surface area (TPSA) is 0 Å². The molecule has 1 atom stereocenters. The van der Waals surface area contributed by atoms with Crippen LogP contribution in [0.2, 0.25) is 0 Å². The fourth-order valence-corrected chi connectivity index (χ4v) is 4.69. The Balaban J connectivity index is 4.72. The number of unbranched alkanes of at least 4 members (excludes halogenated alkanes) is 8. The largest absolute Gasteiger partial charge is 0.0654 e. The van der Waals surface area contributed by atoms with Crippen LogP contribution >= 0.6 is 0 Å². The highest BCUT2D eigenvalue weighted by Crippen LogP contribution is 2.47. The first-order chi connectivity index (χ1) is 11.7. The van der Waals surface area contributed by atoms with Crippen molar-refractivity contribution >= 4 is 0 Å². The van der Waals surface area contributed by atoms with Gasteiger partial charge < -0.3 is 0 Å². The van der Waals surface area contributed by atoms with Crippen LogP contribution in [-0.2, 0) is 0 Å². The van der Waals surface area contributed by atoms with Gasteiger partial charge in [-0.2, -0.15) is 0 Å². The number of hydrogen-bond acceptors (Lipinski definition) is 0. The summed E-state index contributed by atoms with van der Waals surface area (Å²) in [5, 5.41) is 0. The second kappa shape index (κ2) is 16.5. The fourth-order valence-electron chi connectivity index (χ4n) is 4.69. The molecule has 0 aromatic rings. The molecule has 0 rings (SSSR count). The minimum atomic E-state index is 0.667. The van der Waals surface area contributed by atoms with Gasteiger partial charge in [0.05, 0.1) is 0 Å². The Morgan fingerprint density at radius 2 is 0.917 bits per heavy atom. The van der Waals surface area contributed by atoms with E-state index in [4.69, 9.17) is 0 Å². The van der Waals surface area contributed by atoms with Gasteiger partial charge in [0.15, 0.2) is 0 Å². The molecule has 0 aromatic carbocycles. The minimum Gasteiger partial charge on any atom is -0.0654 e. The van der Waals surface area contributed by atoms with Crippen molar-refractivity contribution in [2.45, 2.75) is 144 Å². The molecule has 0 aliphatic rings. The van der Waals surface area contributed by atoms with Gasteiger partial charge >= 0.3 is 0 Å². The Kier molecular flexibility index (Phi) is 16.5. The van der Waals surface area contributed by atoms with Crippen molar-refractivity contribution < 1.29 is 0 Å². The molecule has 0 nitrogen and oxygen atoms in total. The minimum absolute atomic E-state index is 0.667. The van der Waals surface area contributed by atoms with Crippen LogP contribution in [0.1, 0.15) is 144 Å². The molecule has 0 fully saturated rings. The third kappa shape index (κ3) is 10.1. The zero-order valence-electron chi connectivity index (χ0n) is 18.1. The normalized spacial score (nSPS) is 13.4. The number of rotatable bonds is 18. The smallest absolute Gasteiger partial charge is 0.0269 e. The molecule has 146 valence electrons. The van der Waals surface area contributed by atoms with Crippen molar-refractivity contribution in [3.05, 3.63) is 0 Å². The van der Waals surface area contributed by atoms with E-state index in [2.05, 4.69) is 34.6 Å². The standard InChI is InChI=1S/C24H50/c1-6-11-15-16-17-18-19-23(10-5)24(20-12-7-2,21-13-8-3)22-14-9-4/h23H,6-22H2,1-5H3. The van der Waals surface area contributed by atoms with Crippen LogP contribution in [0.15, 0.2) is 0 Å². The molecule has 0 aliphatic carbocycles. The van der Waals surface area contributed by atoms with Gasteiger partial charge in [-0.1, -0.05) is 118 Å². The van der Waals surface area contributed by atoms with Gasteiger partial charge in [-0.25, -0.2) is 0 Å². The van der Waals surface area contributed by atoms with Gasteiger partial charge in [-0.3, -0.25) is 0 Å². The maximum Gasteiger partial charge on any atom is -0.0269 e. The van der Waals surface area contributed by atoms with Crippen LogP contribution < -0.4 is 0 Å². The van der Waals surface area contributed by atoms with Gasteiger partial charge in [-0.05, 0) is 37.0 Å². The fraction of sp³-hybridized carbons (Fsp3) is 1.00. The average molecular weight is 339 g/mol. The Morgan fingerprint density at radius 1 is 0.500 bits per heavy atom. The molecule has 0 N–H and O–H groups in total. The monoisotopic (exact) mass is 338 g/mol. The van der Waals surface area contributed by atoms with Gasteiger partial charge in [0.1, 0.15) is 0 Å². The summed E-state index contributed by atoms with van der Waals surface area (Å²) in [4.78, 5) is 0. The van der Waals surface area contributed by atoms with E-state index in [-0.39, 0.29) is 0 Å². The Morgan fingerprint density at radius 3 is 1.33 bits per heavy atom. The SMILES string of the molecule is CCCCCCCCC(CC)C(CCCC)(CCCC)CCCC. The maximum absolute atomic E-state index is 2.47.